The van der Waals surface area contributed by atoms with E-state index in [9.17, 15) is 20.0 Å². The number of rotatable bonds is 8. The van der Waals surface area contributed by atoms with Crippen LogP contribution >= 0.6 is 15.9 Å². The third-order valence-electron chi connectivity index (χ3n) is 8.57. The van der Waals surface area contributed by atoms with Crippen LogP contribution in [0.3, 0.4) is 0 Å². The van der Waals surface area contributed by atoms with E-state index in [4.69, 9.17) is 25.8 Å². The predicted molar refractivity (Wildman–Crippen MR) is 179 cm³/mol. The number of benzene rings is 4. The van der Waals surface area contributed by atoms with E-state index in [1.165, 1.54) is 20.5 Å². The first-order valence-electron chi connectivity index (χ1n) is 14.5. The number of nitrogens with zero attached hydrogens (tertiary/aromatic N) is 2. The van der Waals surface area contributed by atoms with Gasteiger partial charge in [0.15, 0.2) is 17.2 Å². The minimum atomic E-state index is -1.36. The molecule has 2 unspecified atom stereocenters. The smallest absolute Gasteiger partial charge is 0.405 e. The van der Waals surface area contributed by atoms with E-state index in [0.29, 0.717) is 32.7 Å². The van der Waals surface area contributed by atoms with Gasteiger partial charge in [-0.05, 0) is 68.4 Å². The van der Waals surface area contributed by atoms with E-state index in [0.717, 1.165) is 27.3 Å². The third kappa shape index (κ3) is 5.49. The normalized spacial score (nSPS) is 15.1. The predicted octanol–water partition coefficient (Wildman–Crippen LogP) is 6.03. The van der Waals surface area contributed by atoms with Crippen molar-refractivity contribution in [3.8, 4) is 34.4 Å². The number of allylic oxidation sites excluding steroid dienone is 1. The fraction of sp³-hybridized carbons (Fsp3) is 0.171. The van der Waals surface area contributed by atoms with Crippen molar-refractivity contribution in [2.24, 2.45) is 5.84 Å². The van der Waals surface area contributed by atoms with E-state index in [1.807, 2.05) is 54.6 Å². The summed E-state index contributed by atoms with van der Waals surface area (Å²) < 4.78 is 17.4. The number of nitrogens with two attached hydrogens (primary N) is 2. The number of halogens is 1. The number of ether oxygens (including phenoxy) is 3. The number of carbonyl (C=O) groups is 2. The monoisotopic (exact) mass is 695 g/mol. The number of fused-ring (bicyclic) bond motifs is 4. The molecule has 1 aliphatic carbocycles. The molecule has 4 aromatic rings. The molecule has 0 aromatic heterocycles. The Morgan fingerprint density at radius 3 is 2.30 bits per heavy atom. The van der Waals surface area contributed by atoms with Crippen LogP contribution in [0.25, 0.3) is 11.1 Å². The van der Waals surface area contributed by atoms with Crippen molar-refractivity contribution in [3.63, 3.8) is 0 Å². The number of nitrogen functional groups attached to an aromatic ring is 1. The Balaban J connectivity index is 1.35. The van der Waals surface area contributed by atoms with Crippen molar-refractivity contribution >= 4 is 39.3 Å². The zero-order valence-corrected chi connectivity index (χ0v) is 26.9. The third-order valence-corrected chi connectivity index (χ3v) is 9.16. The summed E-state index contributed by atoms with van der Waals surface area (Å²) in [7, 11) is 3.04. The van der Waals surface area contributed by atoms with Crippen molar-refractivity contribution in [2.45, 2.75) is 24.3 Å². The van der Waals surface area contributed by atoms with E-state index >= 15 is 0 Å². The number of carbonyl (C=O) groups excluding carboxylic acids is 1. The van der Waals surface area contributed by atoms with Gasteiger partial charge >= 0.3 is 6.09 Å². The van der Waals surface area contributed by atoms with Gasteiger partial charge in [0, 0.05) is 11.5 Å². The highest BCUT2D eigenvalue weighted by Crippen LogP contribution is 2.50. The van der Waals surface area contributed by atoms with Crippen molar-refractivity contribution < 1.29 is 28.9 Å². The van der Waals surface area contributed by atoms with Crippen LogP contribution in [0.2, 0.25) is 0 Å². The zero-order valence-electron chi connectivity index (χ0n) is 25.4. The minimum absolute atomic E-state index is 0.0433. The second kappa shape index (κ2) is 12.7. The average Bonchev–Trinajstić information content (AvgIpc) is 3.39. The molecule has 1 heterocycles. The fourth-order valence-electron chi connectivity index (χ4n) is 6.49. The summed E-state index contributed by atoms with van der Waals surface area (Å²) >= 11 is 3.52. The molecular formula is C35H30BrN5O6. The lowest BCUT2D eigenvalue weighted by atomic mass is 9.83. The summed E-state index contributed by atoms with van der Waals surface area (Å²) in [6, 6.07) is 23.5. The first-order valence-corrected chi connectivity index (χ1v) is 15.3. The average molecular weight is 697 g/mol. The maximum absolute atomic E-state index is 14.0. The maximum atomic E-state index is 14.0. The number of hydrogen-bond acceptors (Lipinski definition) is 8. The summed E-state index contributed by atoms with van der Waals surface area (Å²) in [6.07, 6.45) is 0.0688. The van der Waals surface area contributed by atoms with Gasteiger partial charge in [0.25, 0.3) is 5.91 Å². The van der Waals surface area contributed by atoms with E-state index in [1.54, 1.807) is 18.2 Å². The number of carboxylic acid groups (broad SMARTS) is 1. The molecule has 2 amide bonds. The summed E-state index contributed by atoms with van der Waals surface area (Å²) in [5, 5.41) is 22.9. The molecule has 6 N–H and O–H groups in total. The Morgan fingerprint density at radius 2 is 1.70 bits per heavy atom. The van der Waals surface area contributed by atoms with Gasteiger partial charge in [-0.25, -0.2) is 15.6 Å². The van der Waals surface area contributed by atoms with Crippen LogP contribution in [-0.2, 0) is 4.79 Å². The van der Waals surface area contributed by atoms with Crippen molar-refractivity contribution in [3.05, 3.63) is 111 Å². The lowest BCUT2D eigenvalue weighted by Gasteiger charge is -2.30. The summed E-state index contributed by atoms with van der Waals surface area (Å²) in [5.41, 5.74) is 12.4. The Labute approximate surface area is 279 Å². The molecule has 238 valence electrons. The molecule has 12 heteroatoms. The first-order chi connectivity index (χ1) is 22.7. The number of nitriles is 1. The fourth-order valence-corrected chi connectivity index (χ4v) is 7.12. The molecule has 0 radical (unpaired) electrons. The quantitative estimate of drug-likeness (QED) is 0.0743. The van der Waals surface area contributed by atoms with Crippen molar-refractivity contribution in [1.82, 2.24) is 5.32 Å². The van der Waals surface area contributed by atoms with Crippen LogP contribution in [0.1, 0.15) is 40.5 Å². The van der Waals surface area contributed by atoms with Gasteiger partial charge < -0.3 is 30.4 Å². The zero-order chi connectivity index (χ0) is 33.4. The Kier molecular flexibility index (Phi) is 8.51. The standard InChI is InChI=1S/C35H30BrN5O6/c1-45-29-14-18(13-26(36)33(29)46-2)30-19(16-37)17-47-32-24(30)11-12-28(31(32)38)41(39)34(42)27(40-35(43)44)15-25-22-9-5-3-7-20(22)21-8-4-6-10-23(21)25/h3-14,17,25,27,30,40H,15,38-39H2,1-2H3,(H,43,44). The summed E-state index contributed by atoms with van der Waals surface area (Å²) in [6.45, 7) is 0. The van der Waals surface area contributed by atoms with Crippen LogP contribution in [0.5, 0.6) is 17.2 Å². The van der Waals surface area contributed by atoms with Gasteiger partial charge in [0.2, 0.25) is 0 Å². The van der Waals surface area contributed by atoms with Crippen molar-refractivity contribution in [2.75, 3.05) is 25.0 Å². The highest BCUT2D eigenvalue weighted by Gasteiger charge is 2.36. The molecule has 0 bridgehead atoms. The van der Waals surface area contributed by atoms with Crippen molar-refractivity contribution in [1.29, 1.82) is 5.26 Å². The second-order valence-corrected chi connectivity index (χ2v) is 11.9. The lowest BCUT2D eigenvalue weighted by Crippen LogP contribution is -2.52. The number of nitrogens with one attached hydrogen (secondary N) is 1. The molecule has 0 fully saturated rings. The van der Waals surface area contributed by atoms with Crippen LogP contribution < -0.4 is 36.1 Å². The molecule has 1 aliphatic heterocycles. The first kappa shape index (κ1) is 31.5. The summed E-state index contributed by atoms with van der Waals surface area (Å²) in [5.74, 6) is 6.02. The SMILES string of the molecule is COc1cc(C2C(C#N)=COc3c2ccc(N(N)C(=O)C(CC2c4ccccc4-c4ccccc42)NC(=O)O)c3N)cc(Br)c1OC. The second-order valence-electron chi connectivity index (χ2n) is 11.1. The number of hydrogen-bond donors (Lipinski definition) is 4. The Hall–Kier alpha value is -5.51. The Morgan fingerprint density at radius 1 is 1.04 bits per heavy atom. The highest BCUT2D eigenvalue weighted by molar-refractivity contribution is 9.10. The van der Waals surface area contributed by atoms with Gasteiger partial charge in [0.1, 0.15) is 18.0 Å². The van der Waals surface area contributed by atoms with E-state index in [-0.39, 0.29) is 29.5 Å². The molecular weight excluding hydrogens is 666 g/mol. The maximum Gasteiger partial charge on any atom is 0.405 e. The molecule has 11 nitrogen and oxygen atoms in total. The summed E-state index contributed by atoms with van der Waals surface area (Å²) in [4.78, 5) is 25.9. The Bertz CT molecular complexity index is 1940. The van der Waals surface area contributed by atoms with E-state index < -0.39 is 24.0 Å². The van der Waals surface area contributed by atoms with E-state index in [2.05, 4.69) is 27.3 Å². The van der Waals surface area contributed by atoms with Gasteiger partial charge in [0.05, 0.1) is 41.9 Å². The van der Waals surface area contributed by atoms with Crippen LogP contribution in [0, 0.1) is 11.3 Å². The lowest BCUT2D eigenvalue weighted by molar-refractivity contribution is -0.120. The molecule has 6 rings (SSSR count). The topological polar surface area (TPSA) is 173 Å². The number of amides is 2. The van der Waals surface area contributed by atoms with Crippen LogP contribution in [0.4, 0.5) is 16.2 Å². The molecule has 0 saturated heterocycles. The van der Waals surface area contributed by atoms with Gasteiger partial charge in [-0.2, -0.15) is 5.26 Å². The molecule has 2 aliphatic rings. The van der Waals surface area contributed by atoms with Crippen LogP contribution in [0.15, 0.2) is 89.1 Å². The number of hydrazine groups is 1. The van der Waals surface area contributed by atoms with Gasteiger partial charge in [-0.1, -0.05) is 54.6 Å². The largest absolute Gasteiger partial charge is 0.493 e. The highest BCUT2D eigenvalue weighted by atomic mass is 79.9. The molecule has 0 spiro atoms. The minimum Gasteiger partial charge on any atom is -0.493 e. The molecule has 4 aromatic carbocycles. The molecule has 2 atom stereocenters. The molecule has 47 heavy (non-hydrogen) atoms. The molecule has 0 saturated carbocycles. The number of methoxy groups -OCH3 is 2. The van der Waals surface area contributed by atoms with Gasteiger partial charge in [-0.15, -0.1) is 0 Å². The van der Waals surface area contributed by atoms with Crippen LogP contribution in [-0.4, -0.2) is 37.4 Å². The van der Waals surface area contributed by atoms with Gasteiger partial charge in [-0.3, -0.25) is 4.79 Å². The number of anilines is 2.